The van der Waals surface area contributed by atoms with Gasteiger partial charge in [0.1, 0.15) is 0 Å². The number of nitrogens with zero attached hydrogens (tertiary/aromatic N) is 8. The molecule has 0 fully saturated rings. The highest BCUT2D eigenvalue weighted by atomic mass is 32.1. The second-order valence-corrected chi connectivity index (χ2v) is 15.0. The lowest BCUT2D eigenvalue weighted by Gasteiger charge is -2.16. The van der Waals surface area contributed by atoms with E-state index in [1.165, 1.54) is 47.0 Å². The quantitative estimate of drug-likeness (QED) is 0.118. The molecule has 2 aliphatic carbocycles. The summed E-state index contributed by atoms with van der Waals surface area (Å²) in [5.41, 5.74) is -6.12. The molecule has 4 heterocycles. The van der Waals surface area contributed by atoms with E-state index in [0.29, 0.717) is 30.6 Å². The minimum absolute atomic E-state index is 0.0542. The molecule has 6 rings (SSSR count). The molecule has 2 aliphatic rings. The van der Waals surface area contributed by atoms with Gasteiger partial charge in [0.2, 0.25) is 0 Å². The standard InChI is InChI=1S/C36H10F4N8S4/c1-15-25-27(17(11-41)45-3)35(37,38)29(19(13-43)47-5)33(25)51-31(15)23-9-7-21(49-23)22-8-10-24(50-22)32-16(2)26-28(18(12-42)46-4)36(39,40)30(34(26)52-32)20(14-44)48-6/h7-10H,1-2H3/b27-17-,28-18+,29-19-,30-20+. The predicted molar refractivity (Wildman–Crippen MR) is 190 cm³/mol. The van der Waals surface area contributed by atoms with Gasteiger partial charge in [0, 0.05) is 39.0 Å². The zero-order chi connectivity index (χ0) is 37.9. The van der Waals surface area contributed by atoms with Crippen LogP contribution in [0.15, 0.2) is 47.1 Å². The molecule has 0 N–H and O–H groups in total. The van der Waals surface area contributed by atoms with Crippen LogP contribution >= 0.6 is 45.3 Å². The Bertz CT molecular complexity index is 2560. The van der Waals surface area contributed by atoms with E-state index in [9.17, 15) is 21.0 Å². The fourth-order valence-corrected chi connectivity index (χ4v) is 11.3. The average Bonchev–Trinajstić information content (AvgIpc) is 3.97. The number of alkyl halides is 4. The van der Waals surface area contributed by atoms with E-state index in [2.05, 4.69) is 19.4 Å². The number of hydrogen-bond donors (Lipinski definition) is 0. The molecule has 4 aromatic heterocycles. The SMILES string of the molecule is [C-]#[N+]/C(C#N)=C1/c2c(sc(-c3ccc(-c4ccc(-c5sc6c(c5C)/C(=C(/C#N)[N+]#[C-])C(F)(F)/C6=C(\C#N)[N+]#[C-])s4)s3)c2C)/C(=C(\C#N)[N+]#[C-])C1(F)F. The maximum absolute atomic E-state index is 15.8. The molecule has 0 bridgehead atoms. The zero-order valence-corrected chi connectivity index (χ0v) is 29.3. The lowest BCUT2D eigenvalue weighted by molar-refractivity contribution is 0.137. The predicted octanol–water partition coefficient (Wildman–Crippen LogP) is 11.5. The minimum Gasteiger partial charge on any atom is -0.226 e. The lowest BCUT2D eigenvalue weighted by atomic mass is 10.0. The van der Waals surface area contributed by atoms with Gasteiger partial charge in [-0.2, -0.15) is 17.6 Å². The first-order valence-electron chi connectivity index (χ1n) is 14.1. The molecule has 4 aromatic rings. The van der Waals surface area contributed by atoms with Crippen molar-refractivity contribution in [3.63, 3.8) is 0 Å². The summed E-state index contributed by atoms with van der Waals surface area (Å²) in [5.74, 6) is -7.82. The second kappa shape index (κ2) is 12.6. The molecule has 0 atom stereocenters. The maximum Gasteiger partial charge on any atom is 0.284 e. The topological polar surface area (TPSA) is 113 Å². The molecule has 52 heavy (non-hydrogen) atoms. The Morgan fingerprint density at radius 3 is 1.08 bits per heavy atom. The Morgan fingerprint density at radius 2 is 0.788 bits per heavy atom. The molecule has 0 aromatic carbocycles. The maximum atomic E-state index is 15.8. The van der Waals surface area contributed by atoms with Gasteiger partial charge in [-0.25, -0.2) is 40.4 Å². The fraction of sp³-hybridized carbons (Fsp3) is 0.111. The summed E-state index contributed by atoms with van der Waals surface area (Å²) in [4.78, 5) is 15.8. The van der Waals surface area contributed by atoms with Crippen molar-refractivity contribution in [1.29, 1.82) is 21.0 Å². The Labute approximate surface area is 308 Å². The number of fused-ring (bicyclic) bond motifs is 2. The number of hydrogen-bond acceptors (Lipinski definition) is 8. The van der Waals surface area contributed by atoms with Gasteiger partial charge >= 0.3 is 0 Å². The highest BCUT2D eigenvalue weighted by molar-refractivity contribution is 7.29. The smallest absolute Gasteiger partial charge is 0.226 e. The first-order valence-corrected chi connectivity index (χ1v) is 17.4. The van der Waals surface area contributed by atoms with E-state index in [1.54, 1.807) is 38.1 Å². The van der Waals surface area contributed by atoms with Crippen molar-refractivity contribution < 1.29 is 17.6 Å². The van der Waals surface area contributed by atoms with Crippen molar-refractivity contribution in [3.8, 4) is 53.5 Å². The average molecular weight is 759 g/mol. The van der Waals surface area contributed by atoms with E-state index in [-0.39, 0.29) is 20.9 Å². The summed E-state index contributed by atoms with van der Waals surface area (Å²) in [5, 5.41) is 38.1. The van der Waals surface area contributed by atoms with Crippen molar-refractivity contribution in [3.05, 3.63) is 125 Å². The Balaban J connectivity index is 1.47. The molecule has 0 saturated heterocycles. The first kappa shape index (κ1) is 35.2. The van der Waals surface area contributed by atoms with E-state index < -0.39 is 56.9 Å². The third-order valence-electron chi connectivity index (χ3n) is 8.22. The third-order valence-corrected chi connectivity index (χ3v) is 13.6. The molecule has 0 saturated carbocycles. The van der Waals surface area contributed by atoms with Crippen molar-refractivity contribution >= 4 is 67.6 Å². The van der Waals surface area contributed by atoms with Gasteiger partial charge in [0.15, 0.2) is 0 Å². The van der Waals surface area contributed by atoms with Gasteiger partial charge in [-0.1, -0.05) is 0 Å². The molecule has 8 nitrogen and oxygen atoms in total. The zero-order valence-electron chi connectivity index (χ0n) is 26.0. The van der Waals surface area contributed by atoms with Crippen LogP contribution in [0, 0.1) is 85.5 Å². The molecule has 0 aliphatic heterocycles. The normalized spacial score (nSPS) is 18.5. The summed E-state index contributed by atoms with van der Waals surface area (Å²) in [6, 6.07) is 13.2. The van der Waals surface area contributed by atoms with Crippen molar-refractivity contribution in [2.45, 2.75) is 25.7 Å². The second-order valence-electron chi connectivity index (χ2n) is 10.8. The van der Waals surface area contributed by atoms with Crippen LogP contribution in [-0.2, 0) is 0 Å². The van der Waals surface area contributed by atoms with Crippen molar-refractivity contribution in [1.82, 2.24) is 0 Å². The molecular formula is C36H10F4N8S4. The number of halogens is 4. The van der Waals surface area contributed by atoms with E-state index in [1.807, 2.05) is 0 Å². The summed E-state index contributed by atoms with van der Waals surface area (Å²) in [7, 11) is 0. The van der Waals surface area contributed by atoms with E-state index in [0.717, 1.165) is 32.4 Å². The van der Waals surface area contributed by atoms with Gasteiger partial charge in [-0.05, 0) is 60.4 Å². The third kappa shape index (κ3) is 4.81. The number of thiophene rings is 4. The van der Waals surface area contributed by atoms with Crippen LogP contribution in [0.2, 0.25) is 0 Å². The summed E-state index contributed by atoms with van der Waals surface area (Å²) in [6.45, 7) is 32.5. The number of nitriles is 4. The molecule has 0 unspecified atom stereocenters. The summed E-state index contributed by atoms with van der Waals surface area (Å²) in [6.07, 6.45) is 0. The number of rotatable bonds is 3. The van der Waals surface area contributed by atoms with E-state index in [4.69, 9.17) is 26.3 Å². The molecule has 16 heteroatoms. The van der Waals surface area contributed by atoms with Crippen LogP contribution in [0.5, 0.6) is 0 Å². The molecule has 0 amide bonds. The van der Waals surface area contributed by atoms with Crippen LogP contribution in [0.1, 0.15) is 32.0 Å². The minimum atomic E-state index is -3.91. The molecule has 246 valence electrons. The lowest BCUT2D eigenvalue weighted by Crippen LogP contribution is -2.16. The Morgan fingerprint density at radius 1 is 0.500 bits per heavy atom. The highest BCUT2D eigenvalue weighted by Gasteiger charge is 2.54. The van der Waals surface area contributed by atoms with Gasteiger partial charge in [0.25, 0.3) is 34.6 Å². The van der Waals surface area contributed by atoms with Crippen LogP contribution in [0.3, 0.4) is 0 Å². The Hall–Kier alpha value is -6.60. The molecule has 0 spiro atoms. The van der Waals surface area contributed by atoms with Crippen LogP contribution < -0.4 is 0 Å². The van der Waals surface area contributed by atoms with E-state index >= 15 is 17.6 Å². The van der Waals surface area contributed by atoms with Gasteiger partial charge in [0.05, 0.1) is 72.9 Å². The molecule has 0 radical (unpaired) electrons. The molecular weight excluding hydrogens is 749 g/mol. The first-order chi connectivity index (χ1) is 24.8. The van der Waals surface area contributed by atoms with Gasteiger partial charge in [-0.15, -0.1) is 45.3 Å². The summed E-state index contributed by atoms with van der Waals surface area (Å²) < 4.78 is 63.0. The van der Waals surface area contributed by atoms with Crippen molar-refractivity contribution in [2.75, 3.05) is 0 Å². The largest absolute Gasteiger partial charge is 0.284 e. The van der Waals surface area contributed by atoms with Gasteiger partial charge < -0.3 is 0 Å². The monoisotopic (exact) mass is 758 g/mol. The Kier molecular flexibility index (Phi) is 8.55. The van der Waals surface area contributed by atoms with Gasteiger partial charge in [-0.3, -0.25) is 0 Å². The fourth-order valence-electron chi connectivity index (χ4n) is 6.08. The van der Waals surface area contributed by atoms with Crippen LogP contribution in [-0.4, -0.2) is 11.8 Å². The van der Waals surface area contributed by atoms with Crippen LogP contribution in [0.4, 0.5) is 17.6 Å². The summed E-state index contributed by atoms with van der Waals surface area (Å²) >= 11 is 4.48. The van der Waals surface area contributed by atoms with Crippen molar-refractivity contribution in [2.24, 2.45) is 0 Å². The highest BCUT2D eigenvalue weighted by Crippen LogP contribution is 2.62. The number of allylic oxidation sites excluding steroid dienone is 8. The van der Waals surface area contributed by atoms with Crippen LogP contribution in [0.25, 0.3) is 70.9 Å².